The summed E-state index contributed by atoms with van der Waals surface area (Å²) in [5.74, 6) is -0.106. The predicted octanol–water partition coefficient (Wildman–Crippen LogP) is 1.50. The van der Waals surface area contributed by atoms with Gasteiger partial charge in [0.15, 0.2) is 0 Å². The molecule has 0 spiro atoms. The maximum Gasteiger partial charge on any atom is 0.216 e. The van der Waals surface area contributed by atoms with Crippen LogP contribution < -0.4 is 4.72 Å². The maximum absolute atomic E-state index is 12.1. The Hall–Kier alpha value is -1.76. The van der Waals surface area contributed by atoms with Gasteiger partial charge in [-0.2, -0.15) is 0 Å². The van der Waals surface area contributed by atoms with Gasteiger partial charge in [-0.3, -0.25) is 4.98 Å². The SMILES string of the molecule is Cc1cnccc1CNS(=O)(=O)Cc1cccc(CO)c1. The quantitative estimate of drug-likeness (QED) is 0.847. The van der Waals surface area contributed by atoms with Crippen molar-refractivity contribution >= 4 is 10.0 Å². The summed E-state index contributed by atoms with van der Waals surface area (Å²) in [6, 6.07) is 8.71. The highest BCUT2D eigenvalue weighted by atomic mass is 32.2. The van der Waals surface area contributed by atoms with Crippen molar-refractivity contribution in [2.45, 2.75) is 25.8 Å². The van der Waals surface area contributed by atoms with Crippen LogP contribution in [-0.4, -0.2) is 18.5 Å². The standard InChI is InChI=1S/C15H18N2O3S/c1-12-8-16-6-5-15(12)9-17-21(19,20)11-14-4-2-3-13(7-14)10-18/h2-8,17-18H,9-11H2,1H3. The average molecular weight is 306 g/mol. The van der Waals surface area contributed by atoms with Gasteiger partial charge in [-0.05, 0) is 35.2 Å². The number of sulfonamides is 1. The average Bonchev–Trinajstić information content (AvgIpc) is 2.46. The molecule has 21 heavy (non-hydrogen) atoms. The molecule has 1 heterocycles. The van der Waals surface area contributed by atoms with Crippen LogP contribution in [0, 0.1) is 6.92 Å². The van der Waals surface area contributed by atoms with Crippen molar-refractivity contribution in [2.75, 3.05) is 0 Å². The summed E-state index contributed by atoms with van der Waals surface area (Å²) in [4.78, 5) is 3.98. The van der Waals surface area contributed by atoms with E-state index in [-0.39, 0.29) is 18.9 Å². The van der Waals surface area contributed by atoms with Crippen LogP contribution in [-0.2, 0) is 28.9 Å². The number of nitrogens with one attached hydrogen (secondary N) is 1. The molecule has 1 aromatic carbocycles. The number of aliphatic hydroxyl groups is 1. The molecule has 0 amide bonds. The smallest absolute Gasteiger partial charge is 0.216 e. The molecule has 2 N–H and O–H groups in total. The zero-order valence-electron chi connectivity index (χ0n) is 11.8. The number of rotatable bonds is 6. The lowest BCUT2D eigenvalue weighted by molar-refractivity contribution is 0.282. The first-order chi connectivity index (χ1) is 10.00. The third-order valence-corrected chi connectivity index (χ3v) is 4.45. The largest absolute Gasteiger partial charge is 0.392 e. The highest BCUT2D eigenvalue weighted by Gasteiger charge is 2.12. The minimum atomic E-state index is -3.43. The molecule has 0 aliphatic carbocycles. The Balaban J connectivity index is 2.03. The summed E-state index contributed by atoms with van der Waals surface area (Å²) in [6.45, 7) is 2.04. The fourth-order valence-corrected chi connectivity index (χ4v) is 3.07. The first-order valence-corrected chi connectivity index (χ1v) is 8.21. The van der Waals surface area contributed by atoms with E-state index in [1.54, 1.807) is 42.7 Å². The van der Waals surface area contributed by atoms with E-state index in [4.69, 9.17) is 5.11 Å². The van der Waals surface area contributed by atoms with Crippen LogP contribution in [0.25, 0.3) is 0 Å². The first kappa shape index (κ1) is 15.6. The van der Waals surface area contributed by atoms with Crippen LogP contribution in [0.3, 0.4) is 0 Å². The summed E-state index contributed by atoms with van der Waals surface area (Å²) in [5.41, 5.74) is 3.20. The Labute approximate surface area is 124 Å². The second-order valence-corrected chi connectivity index (χ2v) is 6.67. The number of pyridine rings is 1. The Morgan fingerprint density at radius 2 is 2.00 bits per heavy atom. The Kier molecular flexibility index (Phi) is 5.06. The lowest BCUT2D eigenvalue weighted by atomic mass is 10.1. The minimum absolute atomic E-state index is 0.0997. The van der Waals surface area contributed by atoms with Crippen LogP contribution >= 0.6 is 0 Å². The van der Waals surface area contributed by atoms with Gasteiger partial charge in [-0.15, -0.1) is 0 Å². The molecule has 0 saturated heterocycles. The van der Waals surface area contributed by atoms with Gasteiger partial charge >= 0.3 is 0 Å². The zero-order chi connectivity index (χ0) is 15.3. The molecule has 6 heteroatoms. The molecule has 0 unspecified atom stereocenters. The third kappa shape index (κ3) is 4.63. The highest BCUT2D eigenvalue weighted by Crippen LogP contribution is 2.10. The fraction of sp³-hybridized carbons (Fsp3) is 0.267. The van der Waals surface area contributed by atoms with Gasteiger partial charge in [-0.25, -0.2) is 13.1 Å². The van der Waals surface area contributed by atoms with E-state index >= 15 is 0 Å². The minimum Gasteiger partial charge on any atom is -0.392 e. The van der Waals surface area contributed by atoms with Gasteiger partial charge in [-0.1, -0.05) is 24.3 Å². The number of aromatic nitrogens is 1. The van der Waals surface area contributed by atoms with Crippen molar-refractivity contribution in [3.63, 3.8) is 0 Å². The Bertz CT molecular complexity index is 714. The van der Waals surface area contributed by atoms with Gasteiger partial charge in [0.25, 0.3) is 0 Å². The van der Waals surface area contributed by atoms with Gasteiger partial charge in [0.1, 0.15) is 0 Å². The van der Waals surface area contributed by atoms with Crippen LogP contribution in [0.4, 0.5) is 0 Å². The summed E-state index contributed by atoms with van der Waals surface area (Å²) in [5, 5.41) is 9.07. The van der Waals surface area contributed by atoms with Crippen molar-refractivity contribution in [1.29, 1.82) is 0 Å². The number of aryl methyl sites for hydroxylation is 1. The molecule has 112 valence electrons. The van der Waals surface area contributed by atoms with Crippen LogP contribution in [0.2, 0.25) is 0 Å². The van der Waals surface area contributed by atoms with Gasteiger partial charge in [0.05, 0.1) is 12.4 Å². The second kappa shape index (κ2) is 6.80. The molecule has 0 bridgehead atoms. The summed E-state index contributed by atoms with van der Waals surface area (Å²) in [6.07, 6.45) is 3.34. The van der Waals surface area contributed by atoms with E-state index in [2.05, 4.69) is 9.71 Å². The molecule has 2 rings (SSSR count). The predicted molar refractivity (Wildman–Crippen MR) is 80.8 cm³/mol. The molecule has 0 fully saturated rings. The van der Waals surface area contributed by atoms with Crippen LogP contribution in [0.5, 0.6) is 0 Å². The van der Waals surface area contributed by atoms with E-state index in [9.17, 15) is 8.42 Å². The van der Waals surface area contributed by atoms with Gasteiger partial charge in [0.2, 0.25) is 10.0 Å². The van der Waals surface area contributed by atoms with Gasteiger partial charge in [0, 0.05) is 18.9 Å². The fourth-order valence-electron chi connectivity index (χ4n) is 1.98. The highest BCUT2D eigenvalue weighted by molar-refractivity contribution is 7.88. The lowest BCUT2D eigenvalue weighted by Gasteiger charge is -2.09. The molecule has 0 aliphatic rings. The lowest BCUT2D eigenvalue weighted by Crippen LogP contribution is -2.25. The van der Waals surface area contributed by atoms with E-state index in [0.29, 0.717) is 11.1 Å². The van der Waals surface area contributed by atoms with E-state index in [0.717, 1.165) is 11.1 Å². The normalized spacial score (nSPS) is 11.5. The summed E-state index contributed by atoms with van der Waals surface area (Å²) in [7, 11) is -3.43. The van der Waals surface area contributed by atoms with Crippen molar-refractivity contribution in [3.8, 4) is 0 Å². The monoisotopic (exact) mass is 306 g/mol. The molecule has 2 aromatic rings. The maximum atomic E-state index is 12.1. The van der Waals surface area contributed by atoms with Gasteiger partial charge < -0.3 is 5.11 Å². The topological polar surface area (TPSA) is 79.3 Å². The molecule has 0 aliphatic heterocycles. The summed E-state index contributed by atoms with van der Waals surface area (Å²) < 4.78 is 26.8. The van der Waals surface area contributed by atoms with Crippen molar-refractivity contribution in [3.05, 3.63) is 65.0 Å². The second-order valence-electron chi connectivity index (χ2n) is 4.86. The molecule has 0 atom stereocenters. The molecule has 1 aromatic heterocycles. The van der Waals surface area contributed by atoms with Crippen molar-refractivity contribution in [1.82, 2.24) is 9.71 Å². The first-order valence-electron chi connectivity index (χ1n) is 6.56. The molecule has 5 nitrogen and oxygen atoms in total. The van der Waals surface area contributed by atoms with E-state index < -0.39 is 10.0 Å². The molecule has 0 saturated carbocycles. The molecular formula is C15H18N2O3S. The zero-order valence-corrected chi connectivity index (χ0v) is 12.6. The van der Waals surface area contributed by atoms with Crippen molar-refractivity contribution in [2.24, 2.45) is 0 Å². The number of benzene rings is 1. The number of hydrogen-bond acceptors (Lipinski definition) is 4. The van der Waals surface area contributed by atoms with Crippen molar-refractivity contribution < 1.29 is 13.5 Å². The number of hydrogen-bond donors (Lipinski definition) is 2. The van der Waals surface area contributed by atoms with Crippen LogP contribution in [0.15, 0.2) is 42.7 Å². The number of nitrogens with zero attached hydrogens (tertiary/aromatic N) is 1. The van der Waals surface area contributed by atoms with Crippen LogP contribution in [0.1, 0.15) is 22.3 Å². The Morgan fingerprint density at radius 3 is 2.71 bits per heavy atom. The Morgan fingerprint density at radius 1 is 1.24 bits per heavy atom. The van der Waals surface area contributed by atoms with E-state index in [1.165, 1.54) is 0 Å². The van der Waals surface area contributed by atoms with E-state index in [1.807, 2.05) is 6.92 Å². The third-order valence-electron chi connectivity index (χ3n) is 3.15. The number of aliphatic hydroxyl groups excluding tert-OH is 1. The molecule has 0 radical (unpaired) electrons. The molecular weight excluding hydrogens is 288 g/mol. The summed E-state index contributed by atoms with van der Waals surface area (Å²) >= 11 is 0.